The first-order chi connectivity index (χ1) is 12.0. The van der Waals surface area contributed by atoms with Crippen molar-refractivity contribution in [3.63, 3.8) is 0 Å². The van der Waals surface area contributed by atoms with Crippen molar-refractivity contribution in [3.8, 4) is 11.5 Å². The Morgan fingerprint density at radius 1 is 1.32 bits per heavy atom. The van der Waals surface area contributed by atoms with Crippen LogP contribution < -0.4 is 9.47 Å². The van der Waals surface area contributed by atoms with Gasteiger partial charge in [0.25, 0.3) is 0 Å². The van der Waals surface area contributed by atoms with Gasteiger partial charge in [-0.25, -0.2) is 0 Å². The van der Waals surface area contributed by atoms with E-state index in [0.717, 1.165) is 11.1 Å². The van der Waals surface area contributed by atoms with Crippen molar-refractivity contribution in [3.05, 3.63) is 47.7 Å². The number of carboxylic acids is 1. The molecule has 1 N–H and O–H groups in total. The fourth-order valence-corrected chi connectivity index (χ4v) is 3.42. The molecule has 1 unspecified atom stereocenters. The summed E-state index contributed by atoms with van der Waals surface area (Å²) in [5.74, 6) is 0.261. The van der Waals surface area contributed by atoms with Crippen molar-refractivity contribution in [1.29, 1.82) is 0 Å². The molecule has 0 amide bonds. The Morgan fingerprint density at radius 2 is 2.08 bits per heavy atom. The summed E-state index contributed by atoms with van der Waals surface area (Å²) in [5.41, 5.74) is 1.76. The van der Waals surface area contributed by atoms with Crippen LogP contribution in [0.1, 0.15) is 24.4 Å². The number of fused-ring (bicyclic) bond motifs is 1. The Hall–Kier alpha value is -2.76. The molecule has 1 aromatic rings. The molecule has 0 saturated heterocycles. The predicted molar refractivity (Wildman–Crippen MR) is 91.6 cm³/mol. The fourth-order valence-electron chi connectivity index (χ4n) is 3.42. The summed E-state index contributed by atoms with van der Waals surface area (Å²) in [4.78, 5) is 25.5. The van der Waals surface area contributed by atoms with Crippen LogP contribution in [0.2, 0.25) is 0 Å². The van der Waals surface area contributed by atoms with Gasteiger partial charge in [-0.1, -0.05) is 18.2 Å². The van der Waals surface area contributed by atoms with Crippen LogP contribution >= 0.6 is 0 Å². The molecule has 3 rings (SSSR count). The van der Waals surface area contributed by atoms with Gasteiger partial charge < -0.3 is 19.5 Å². The molecular formula is C19H21NO5. The Bertz CT molecular complexity index is 752. The first-order valence-electron chi connectivity index (χ1n) is 8.14. The lowest BCUT2D eigenvalue weighted by Crippen LogP contribution is -2.29. The van der Waals surface area contributed by atoms with Gasteiger partial charge in [0.1, 0.15) is 5.78 Å². The van der Waals surface area contributed by atoms with Crippen molar-refractivity contribution in [2.24, 2.45) is 5.92 Å². The minimum atomic E-state index is -0.894. The van der Waals surface area contributed by atoms with E-state index in [1.807, 2.05) is 29.3 Å². The third-order valence-corrected chi connectivity index (χ3v) is 4.69. The number of carbonyl (C=O) groups is 2. The number of allylic oxidation sites excluding steroid dienone is 2. The zero-order valence-corrected chi connectivity index (χ0v) is 14.3. The SMILES string of the molecule is COc1ccc([C@H](CC(=O)O)N2C=C3C=CCC(=O)C3C2)cc1OC. The molecular weight excluding hydrogens is 322 g/mol. The number of ketones is 1. The smallest absolute Gasteiger partial charge is 0.305 e. The van der Waals surface area contributed by atoms with Gasteiger partial charge in [-0.2, -0.15) is 0 Å². The molecule has 0 spiro atoms. The second-order valence-electron chi connectivity index (χ2n) is 6.18. The molecule has 0 aromatic heterocycles. The molecule has 25 heavy (non-hydrogen) atoms. The van der Waals surface area contributed by atoms with E-state index in [9.17, 15) is 14.7 Å². The highest BCUT2D eigenvalue weighted by molar-refractivity contribution is 5.88. The van der Waals surface area contributed by atoms with Crippen molar-refractivity contribution in [2.75, 3.05) is 20.8 Å². The molecule has 1 heterocycles. The number of carbonyl (C=O) groups excluding carboxylic acids is 1. The number of rotatable bonds is 6. The van der Waals surface area contributed by atoms with Crippen LogP contribution in [0.15, 0.2) is 42.1 Å². The average molecular weight is 343 g/mol. The number of aliphatic carboxylic acids is 1. The maximum Gasteiger partial charge on any atom is 0.305 e. The lowest BCUT2D eigenvalue weighted by molar-refractivity contribution is -0.138. The highest BCUT2D eigenvalue weighted by Gasteiger charge is 2.34. The van der Waals surface area contributed by atoms with E-state index in [0.29, 0.717) is 24.5 Å². The number of ether oxygens (including phenoxy) is 2. The van der Waals surface area contributed by atoms with Crippen molar-refractivity contribution < 1.29 is 24.2 Å². The van der Waals surface area contributed by atoms with Crippen molar-refractivity contribution in [2.45, 2.75) is 18.9 Å². The number of methoxy groups -OCH3 is 2. The standard InChI is InChI=1S/C19H21NO5/c1-24-17-7-6-12(8-18(17)25-2)15(9-19(22)23)20-10-13-4-3-5-16(21)14(13)11-20/h3-4,6-8,10,14-15H,5,9,11H2,1-2H3,(H,22,23)/t14?,15-/m0/s1. The second kappa shape index (κ2) is 7.01. The predicted octanol–water partition coefficient (Wildman–Crippen LogP) is 2.56. The van der Waals surface area contributed by atoms with Gasteiger partial charge in [0, 0.05) is 19.2 Å². The summed E-state index contributed by atoms with van der Waals surface area (Å²) in [7, 11) is 3.10. The lowest BCUT2D eigenvalue weighted by Gasteiger charge is -2.28. The highest BCUT2D eigenvalue weighted by Crippen LogP contribution is 2.38. The molecule has 2 aliphatic rings. The number of hydrogen-bond donors (Lipinski definition) is 1. The molecule has 1 aliphatic heterocycles. The van der Waals surface area contributed by atoms with Crippen LogP contribution in [-0.2, 0) is 9.59 Å². The molecule has 6 heteroatoms. The second-order valence-corrected chi connectivity index (χ2v) is 6.18. The lowest BCUT2D eigenvalue weighted by atomic mass is 9.90. The summed E-state index contributed by atoms with van der Waals surface area (Å²) in [6, 6.07) is 5.03. The van der Waals surface area contributed by atoms with Crippen LogP contribution in [0.5, 0.6) is 11.5 Å². The number of nitrogens with zero attached hydrogens (tertiary/aromatic N) is 1. The van der Waals surface area contributed by atoms with E-state index in [4.69, 9.17) is 9.47 Å². The minimum absolute atomic E-state index is 0.0656. The molecule has 6 nitrogen and oxygen atoms in total. The van der Waals surface area contributed by atoms with Gasteiger partial charge >= 0.3 is 5.97 Å². The quantitative estimate of drug-likeness (QED) is 0.855. The van der Waals surface area contributed by atoms with Crippen LogP contribution in [0.25, 0.3) is 0 Å². The monoisotopic (exact) mass is 343 g/mol. The summed E-state index contributed by atoms with van der Waals surface area (Å²) in [6.45, 7) is 0.505. The van der Waals surface area contributed by atoms with Gasteiger partial charge in [0.05, 0.1) is 32.6 Å². The highest BCUT2D eigenvalue weighted by atomic mass is 16.5. The fraction of sp³-hybridized carbons (Fsp3) is 0.368. The van der Waals surface area contributed by atoms with Crippen molar-refractivity contribution >= 4 is 11.8 Å². The maximum atomic E-state index is 12.1. The number of carboxylic acid groups (broad SMARTS) is 1. The maximum absolute atomic E-state index is 12.1. The van der Waals surface area contributed by atoms with E-state index >= 15 is 0 Å². The molecule has 0 radical (unpaired) electrons. The average Bonchev–Trinajstić information content (AvgIpc) is 3.04. The minimum Gasteiger partial charge on any atom is -0.493 e. The van der Waals surface area contributed by atoms with Crippen LogP contribution in [0, 0.1) is 5.92 Å². The van der Waals surface area contributed by atoms with E-state index in [1.54, 1.807) is 26.4 Å². The number of Topliss-reactive ketones (excluding diaryl/α,β-unsaturated/α-hetero) is 1. The third-order valence-electron chi connectivity index (χ3n) is 4.69. The largest absolute Gasteiger partial charge is 0.493 e. The Morgan fingerprint density at radius 3 is 2.72 bits per heavy atom. The van der Waals surface area contributed by atoms with Gasteiger partial charge in [-0.3, -0.25) is 9.59 Å². The zero-order chi connectivity index (χ0) is 18.0. The normalized spacial score (nSPS) is 20.1. The molecule has 1 aliphatic carbocycles. The van der Waals surface area contributed by atoms with E-state index < -0.39 is 5.97 Å². The van der Waals surface area contributed by atoms with Gasteiger partial charge in [0.2, 0.25) is 0 Å². The summed E-state index contributed by atoms with van der Waals surface area (Å²) < 4.78 is 10.6. The first kappa shape index (κ1) is 17.1. The summed E-state index contributed by atoms with van der Waals surface area (Å²) >= 11 is 0. The first-order valence-corrected chi connectivity index (χ1v) is 8.14. The van der Waals surface area contributed by atoms with Crippen molar-refractivity contribution in [1.82, 2.24) is 4.90 Å². The molecule has 0 saturated carbocycles. The van der Waals surface area contributed by atoms with E-state index in [-0.39, 0.29) is 24.2 Å². The third kappa shape index (κ3) is 3.38. The zero-order valence-electron chi connectivity index (χ0n) is 14.3. The molecule has 1 aromatic carbocycles. The molecule has 132 valence electrons. The topological polar surface area (TPSA) is 76.1 Å². The Labute approximate surface area is 146 Å². The Balaban J connectivity index is 1.94. The molecule has 2 atom stereocenters. The summed E-state index contributed by atoms with van der Waals surface area (Å²) in [6.07, 6.45) is 6.09. The number of hydrogen-bond acceptors (Lipinski definition) is 5. The number of benzene rings is 1. The van der Waals surface area contributed by atoms with E-state index in [2.05, 4.69) is 0 Å². The van der Waals surface area contributed by atoms with E-state index in [1.165, 1.54) is 0 Å². The van der Waals surface area contributed by atoms with Gasteiger partial charge in [0.15, 0.2) is 11.5 Å². The summed E-state index contributed by atoms with van der Waals surface area (Å²) in [5, 5.41) is 9.36. The molecule has 0 bridgehead atoms. The van der Waals surface area contributed by atoms with Crippen LogP contribution in [-0.4, -0.2) is 42.5 Å². The Kier molecular flexibility index (Phi) is 4.79. The van der Waals surface area contributed by atoms with Crippen LogP contribution in [0.3, 0.4) is 0 Å². The van der Waals surface area contributed by atoms with Gasteiger partial charge in [-0.05, 0) is 23.3 Å². The van der Waals surface area contributed by atoms with Crippen LogP contribution in [0.4, 0.5) is 0 Å². The van der Waals surface area contributed by atoms with Gasteiger partial charge in [-0.15, -0.1) is 0 Å². The molecule has 0 fully saturated rings.